The van der Waals surface area contributed by atoms with Crippen LogP contribution in [-0.4, -0.2) is 0 Å². The first-order chi connectivity index (χ1) is 4.39. The van der Waals surface area contributed by atoms with Gasteiger partial charge in [0.2, 0.25) is 0 Å². The Kier molecular flexibility index (Phi) is 14.1. The summed E-state index contributed by atoms with van der Waals surface area (Å²) in [5.41, 5.74) is 6.18. The summed E-state index contributed by atoms with van der Waals surface area (Å²) in [4.78, 5) is 0. The van der Waals surface area contributed by atoms with Crippen LogP contribution < -0.4 is 29.7 Å². The predicted molar refractivity (Wildman–Crippen MR) is 44.9 cm³/mol. The van der Waals surface area contributed by atoms with E-state index in [4.69, 9.17) is 5.73 Å². The summed E-state index contributed by atoms with van der Waals surface area (Å²) in [7, 11) is 0. The second-order valence-electron chi connectivity index (χ2n) is 1.41. The fraction of sp³-hybridized carbons (Fsp3) is 0. The molecule has 2 N–H and O–H groups in total. The maximum absolute atomic E-state index is 5.36. The van der Waals surface area contributed by atoms with Crippen molar-refractivity contribution in [3.63, 3.8) is 0 Å². The van der Waals surface area contributed by atoms with E-state index in [9.17, 15) is 0 Å². The van der Waals surface area contributed by atoms with Gasteiger partial charge in [-0.3, -0.25) is 0 Å². The van der Waals surface area contributed by atoms with Crippen molar-refractivity contribution in [1.82, 2.24) is 0 Å². The van der Waals surface area contributed by atoms with Crippen molar-refractivity contribution in [2.24, 2.45) is 0 Å². The molecule has 0 aliphatic carbocycles. The Hall–Kier alpha value is 1.22. The Morgan fingerprint density at radius 2 is 1.50 bits per heavy atom. The number of halogens is 2. The Morgan fingerprint density at radius 1 is 1.10 bits per heavy atom. The molecular weight excluding hydrogens is 448 g/mol. The van der Waals surface area contributed by atoms with Gasteiger partial charge in [-0.05, 0) is 12.1 Å². The van der Waals surface area contributed by atoms with E-state index in [2.05, 4.69) is 17.3 Å². The third-order valence-corrected chi connectivity index (χ3v) is 0.800. The predicted octanol–water partition coefficient (Wildman–Crippen LogP) is -0.844. The Balaban J connectivity index is 0. The van der Waals surface area contributed by atoms with Crippen molar-refractivity contribution in [2.45, 2.75) is 0 Å². The molecular formula is C6H7AgI2N-. The van der Waals surface area contributed by atoms with Crippen molar-refractivity contribution >= 4 is 24.7 Å². The monoisotopic (exact) mass is 454 g/mol. The van der Waals surface area contributed by atoms with Gasteiger partial charge in [0, 0.05) is 5.69 Å². The smallest absolute Gasteiger partial charge is 1.00 e. The molecule has 1 aromatic rings. The molecule has 0 spiro atoms. The van der Waals surface area contributed by atoms with Gasteiger partial charge in [-0.2, -0.15) is 0 Å². The van der Waals surface area contributed by atoms with Crippen LogP contribution in [-0.2, 0) is 17.3 Å². The van der Waals surface area contributed by atoms with Crippen molar-refractivity contribution < 1.29 is 41.2 Å². The molecule has 0 bridgehead atoms. The van der Waals surface area contributed by atoms with Gasteiger partial charge in [-0.15, -0.1) is 0 Å². The summed E-state index contributed by atoms with van der Waals surface area (Å²) in [5, 5.41) is 0. The van der Waals surface area contributed by atoms with Crippen LogP contribution in [0, 0.1) is 0 Å². The van der Waals surface area contributed by atoms with Gasteiger partial charge >= 0.3 is 36.3 Å². The van der Waals surface area contributed by atoms with Crippen molar-refractivity contribution in [3.8, 4) is 0 Å². The topological polar surface area (TPSA) is 26.0 Å². The number of para-hydroxylation sites is 1. The SMILES string of the molecule is Nc1ccccc1.[Ag][I].[I-]. The van der Waals surface area contributed by atoms with E-state index >= 15 is 0 Å². The zero-order chi connectivity index (χ0) is 7.11. The zero-order valence-electron chi connectivity index (χ0n) is 5.02. The van der Waals surface area contributed by atoms with Gasteiger partial charge in [-0.25, -0.2) is 0 Å². The van der Waals surface area contributed by atoms with E-state index in [1.807, 2.05) is 49.4 Å². The minimum atomic E-state index is 0. The maximum atomic E-state index is 5.36. The minimum Gasteiger partial charge on any atom is -1.00 e. The molecule has 1 nitrogen and oxygen atoms in total. The second kappa shape index (κ2) is 10.2. The molecule has 0 atom stereocenters. The number of benzene rings is 1. The number of anilines is 1. The molecule has 0 fully saturated rings. The van der Waals surface area contributed by atoms with E-state index in [1.165, 1.54) is 0 Å². The molecule has 0 saturated heterocycles. The van der Waals surface area contributed by atoms with Gasteiger partial charge in [0.25, 0.3) is 0 Å². The van der Waals surface area contributed by atoms with Crippen LogP contribution in [0.2, 0.25) is 0 Å². The number of nitrogens with two attached hydrogens (primary N) is 1. The minimum absolute atomic E-state index is 0. The first-order valence-electron chi connectivity index (χ1n) is 2.31. The first-order valence-corrected chi connectivity index (χ1v) is 6.72. The Labute approximate surface area is 101 Å². The average molecular weight is 455 g/mol. The average Bonchev–Trinajstić information content (AvgIpc) is 1.94. The summed E-state index contributed by atoms with van der Waals surface area (Å²) in [5.74, 6) is 0. The fourth-order valence-electron chi connectivity index (χ4n) is 0.453. The van der Waals surface area contributed by atoms with Crippen LogP contribution in [0.5, 0.6) is 0 Å². The molecule has 62 valence electrons. The second-order valence-corrected chi connectivity index (χ2v) is 1.41. The first kappa shape index (κ1) is 13.8. The number of nitrogen functional groups attached to an aromatic ring is 1. The molecule has 10 heavy (non-hydrogen) atoms. The number of hydrogen-bond donors (Lipinski definition) is 1. The van der Waals surface area contributed by atoms with Crippen LogP contribution in [0.1, 0.15) is 0 Å². The van der Waals surface area contributed by atoms with Gasteiger partial charge in [0.1, 0.15) is 0 Å². The fourth-order valence-corrected chi connectivity index (χ4v) is 0.453. The van der Waals surface area contributed by atoms with Crippen molar-refractivity contribution in [2.75, 3.05) is 5.73 Å². The summed E-state index contributed by atoms with van der Waals surface area (Å²) in [6, 6.07) is 9.49. The third kappa shape index (κ3) is 7.33. The molecule has 0 aromatic heterocycles. The molecule has 0 amide bonds. The molecule has 0 aliphatic rings. The largest absolute Gasteiger partial charge is 1.00 e. The van der Waals surface area contributed by atoms with Crippen LogP contribution in [0.3, 0.4) is 0 Å². The molecule has 1 aromatic carbocycles. The molecule has 4 heteroatoms. The Morgan fingerprint density at radius 3 is 1.70 bits per heavy atom. The number of hydrogen-bond acceptors (Lipinski definition) is 1. The van der Waals surface area contributed by atoms with E-state index < -0.39 is 0 Å². The molecule has 1 rings (SSSR count). The molecule has 0 unspecified atom stereocenters. The van der Waals surface area contributed by atoms with Crippen LogP contribution >= 0.6 is 19.0 Å². The van der Waals surface area contributed by atoms with Gasteiger partial charge < -0.3 is 29.7 Å². The van der Waals surface area contributed by atoms with E-state index in [-0.39, 0.29) is 24.0 Å². The van der Waals surface area contributed by atoms with Crippen LogP contribution in [0.25, 0.3) is 0 Å². The molecule has 0 saturated carbocycles. The van der Waals surface area contributed by atoms with Gasteiger partial charge in [0.05, 0.1) is 0 Å². The van der Waals surface area contributed by atoms with Crippen LogP contribution in [0.4, 0.5) is 5.69 Å². The van der Waals surface area contributed by atoms with E-state index in [1.54, 1.807) is 0 Å². The summed E-state index contributed by atoms with van der Waals surface area (Å²) < 4.78 is 0. The van der Waals surface area contributed by atoms with Crippen molar-refractivity contribution in [1.29, 1.82) is 0 Å². The third-order valence-electron chi connectivity index (χ3n) is 0.800. The quantitative estimate of drug-likeness (QED) is 0.309. The maximum Gasteiger partial charge on any atom is -1.00 e. The summed E-state index contributed by atoms with van der Waals surface area (Å²) >= 11 is 4.88. The molecule has 0 aliphatic heterocycles. The normalized spacial score (nSPS) is 6.70. The summed E-state index contributed by atoms with van der Waals surface area (Å²) in [6.07, 6.45) is 0. The van der Waals surface area contributed by atoms with Gasteiger partial charge in [-0.1, -0.05) is 18.2 Å². The van der Waals surface area contributed by atoms with Gasteiger partial charge in [0.15, 0.2) is 0 Å². The summed E-state index contributed by atoms with van der Waals surface area (Å²) in [6.45, 7) is 0. The number of rotatable bonds is 0. The standard InChI is InChI=1S/C6H7N.Ag.2HI/c7-6-4-2-1-3-5-6;;;/h1-5H,7H2;;2*1H/q;+1;;/p-2. The molecule has 0 heterocycles. The Bertz CT molecular complexity index is 146. The van der Waals surface area contributed by atoms with E-state index in [0.29, 0.717) is 0 Å². The van der Waals surface area contributed by atoms with E-state index in [0.717, 1.165) is 5.69 Å². The van der Waals surface area contributed by atoms with Crippen molar-refractivity contribution in [3.05, 3.63) is 30.3 Å². The van der Waals surface area contributed by atoms with Crippen LogP contribution in [0.15, 0.2) is 30.3 Å². The zero-order valence-corrected chi connectivity index (χ0v) is 10.8. The molecule has 0 radical (unpaired) electrons.